The molecule has 24 heavy (non-hydrogen) atoms. The molecule has 132 valence electrons. The van der Waals surface area contributed by atoms with Crippen molar-refractivity contribution in [2.45, 2.75) is 53.6 Å². The van der Waals surface area contributed by atoms with Gasteiger partial charge >= 0.3 is 0 Å². The molecule has 0 saturated carbocycles. The van der Waals surface area contributed by atoms with Crippen molar-refractivity contribution in [1.82, 2.24) is 30.2 Å². The van der Waals surface area contributed by atoms with Gasteiger partial charge in [-0.3, -0.25) is 9.36 Å². The van der Waals surface area contributed by atoms with Crippen LogP contribution in [0, 0.1) is 27.7 Å². The van der Waals surface area contributed by atoms with E-state index in [1.54, 1.807) is 0 Å². The molecule has 0 radical (unpaired) electrons. The summed E-state index contributed by atoms with van der Waals surface area (Å²) in [7, 11) is 0. The molecule has 7 heteroatoms. The molecule has 0 aromatic carbocycles. The van der Waals surface area contributed by atoms with Gasteiger partial charge in [0.25, 0.3) is 0 Å². The van der Waals surface area contributed by atoms with Crippen molar-refractivity contribution in [1.29, 1.82) is 0 Å². The van der Waals surface area contributed by atoms with Crippen LogP contribution in [0.5, 0.6) is 0 Å². The predicted molar refractivity (Wildman–Crippen MR) is 101 cm³/mol. The van der Waals surface area contributed by atoms with Crippen LogP contribution in [0.1, 0.15) is 35.6 Å². The standard InChI is InChI=1S/C17H28N6S/c1-13-11-15(3)22(20-13)9-5-7-18-17(24)19-8-6-10-23-16(4)12-14(2)21-23/h11-12H,5-10H2,1-4H3,(H2,18,19,24). The maximum absolute atomic E-state index is 5.31. The zero-order valence-electron chi connectivity index (χ0n) is 15.1. The van der Waals surface area contributed by atoms with Gasteiger partial charge in [-0.05, 0) is 64.9 Å². The summed E-state index contributed by atoms with van der Waals surface area (Å²) in [4.78, 5) is 0. The first-order valence-corrected chi connectivity index (χ1v) is 8.90. The highest BCUT2D eigenvalue weighted by molar-refractivity contribution is 7.80. The first-order chi connectivity index (χ1) is 11.5. The van der Waals surface area contributed by atoms with Crippen LogP contribution < -0.4 is 10.6 Å². The molecule has 0 amide bonds. The number of hydrogen-bond acceptors (Lipinski definition) is 3. The Morgan fingerprint density at radius 2 is 1.29 bits per heavy atom. The number of hydrogen-bond donors (Lipinski definition) is 2. The number of aryl methyl sites for hydroxylation is 6. The Morgan fingerprint density at radius 1 is 0.875 bits per heavy atom. The van der Waals surface area contributed by atoms with E-state index in [4.69, 9.17) is 12.2 Å². The highest BCUT2D eigenvalue weighted by Crippen LogP contribution is 2.03. The lowest BCUT2D eigenvalue weighted by Gasteiger charge is -2.11. The maximum Gasteiger partial charge on any atom is 0.166 e. The summed E-state index contributed by atoms with van der Waals surface area (Å²) in [6, 6.07) is 4.20. The molecule has 0 aliphatic rings. The summed E-state index contributed by atoms with van der Waals surface area (Å²) < 4.78 is 4.09. The van der Waals surface area contributed by atoms with E-state index < -0.39 is 0 Å². The highest BCUT2D eigenvalue weighted by Gasteiger charge is 2.02. The molecule has 2 aromatic rings. The molecule has 0 atom stereocenters. The minimum atomic E-state index is 0.719. The van der Waals surface area contributed by atoms with Crippen molar-refractivity contribution in [3.05, 3.63) is 34.9 Å². The van der Waals surface area contributed by atoms with Gasteiger partial charge in [-0.25, -0.2) is 0 Å². The van der Waals surface area contributed by atoms with Crippen molar-refractivity contribution in [2.75, 3.05) is 13.1 Å². The number of aromatic nitrogens is 4. The predicted octanol–water partition coefficient (Wildman–Crippen LogP) is 2.26. The van der Waals surface area contributed by atoms with Gasteiger partial charge in [0.15, 0.2) is 5.11 Å². The quantitative estimate of drug-likeness (QED) is 0.566. The van der Waals surface area contributed by atoms with Gasteiger partial charge in [-0.1, -0.05) is 0 Å². The van der Waals surface area contributed by atoms with Crippen molar-refractivity contribution >= 4 is 17.3 Å². The van der Waals surface area contributed by atoms with E-state index in [1.165, 1.54) is 11.4 Å². The van der Waals surface area contributed by atoms with Crippen LogP contribution in [0.2, 0.25) is 0 Å². The number of nitrogens with one attached hydrogen (secondary N) is 2. The van der Waals surface area contributed by atoms with Crippen LogP contribution in [-0.4, -0.2) is 37.8 Å². The minimum absolute atomic E-state index is 0.719. The molecule has 0 aliphatic heterocycles. The monoisotopic (exact) mass is 348 g/mol. The molecular weight excluding hydrogens is 320 g/mol. The fourth-order valence-electron chi connectivity index (χ4n) is 2.73. The van der Waals surface area contributed by atoms with Crippen molar-refractivity contribution in [3.8, 4) is 0 Å². The number of thiocarbonyl (C=S) groups is 1. The van der Waals surface area contributed by atoms with Crippen LogP contribution >= 0.6 is 12.2 Å². The van der Waals surface area contributed by atoms with E-state index in [9.17, 15) is 0 Å². The summed E-state index contributed by atoms with van der Waals surface area (Å²) in [5, 5.41) is 16.1. The average Bonchev–Trinajstić information content (AvgIpc) is 3.01. The van der Waals surface area contributed by atoms with Gasteiger partial charge in [0, 0.05) is 37.6 Å². The van der Waals surface area contributed by atoms with E-state index in [0.717, 1.165) is 55.5 Å². The molecule has 2 rings (SSSR count). The third-order valence-corrected chi connectivity index (χ3v) is 4.16. The molecule has 2 aromatic heterocycles. The van der Waals surface area contributed by atoms with Crippen LogP contribution in [0.25, 0.3) is 0 Å². The maximum atomic E-state index is 5.31. The molecule has 0 unspecified atom stereocenters. The minimum Gasteiger partial charge on any atom is -0.363 e. The zero-order valence-corrected chi connectivity index (χ0v) is 15.9. The van der Waals surface area contributed by atoms with Crippen molar-refractivity contribution in [2.24, 2.45) is 0 Å². The smallest absolute Gasteiger partial charge is 0.166 e. The van der Waals surface area contributed by atoms with Crippen LogP contribution in [0.4, 0.5) is 0 Å². The van der Waals surface area contributed by atoms with E-state index >= 15 is 0 Å². The summed E-state index contributed by atoms with van der Waals surface area (Å²) in [6.07, 6.45) is 1.99. The first kappa shape index (κ1) is 18.4. The van der Waals surface area contributed by atoms with Crippen LogP contribution in [0.15, 0.2) is 12.1 Å². The second kappa shape index (κ2) is 8.82. The van der Waals surface area contributed by atoms with Crippen molar-refractivity contribution < 1.29 is 0 Å². The molecule has 0 fully saturated rings. The topological polar surface area (TPSA) is 59.7 Å². The van der Waals surface area contributed by atoms with Crippen LogP contribution in [0.3, 0.4) is 0 Å². The highest BCUT2D eigenvalue weighted by atomic mass is 32.1. The largest absolute Gasteiger partial charge is 0.363 e. The molecule has 6 nitrogen and oxygen atoms in total. The second-order valence-electron chi connectivity index (χ2n) is 6.19. The molecule has 0 spiro atoms. The fourth-order valence-corrected chi connectivity index (χ4v) is 2.93. The molecular formula is C17H28N6S. The zero-order chi connectivity index (χ0) is 17.5. The second-order valence-corrected chi connectivity index (χ2v) is 6.60. The van der Waals surface area contributed by atoms with Gasteiger partial charge in [0.1, 0.15) is 0 Å². The lowest BCUT2D eigenvalue weighted by molar-refractivity contribution is 0.548. The van der Waals surface area contributed by atoms with Crippen molar-refractivity contribution in [3.63, 3.8) is 0 Å². The summed E-state index contributed by atoms with van der Waals surface area (Å²) >= 11 is 5.31. The third-order valence-electron chi connectivity index (χ3n) is 3.87. The lowest BCUT2D eigenvalue weighted by atomic mass is 10.4. The lowest BCUT2D eigenvalue weighted by Crippen LogP contribution is -2.36. The molecule has 2 N–H and O–H groups in total. The fraction of sp³-hybridized carbons (Fsp3) is 0.588. The Hall–Kier alpha value is -1.89. The Bertz CT molecular complexity index is 616. The summed E-state index contributed by atoms with van der Waals surface area (Å²) in [6.45, 7) is 11.7. The SMILES string of the molecule is Cc1cc(C)n(CCCNC(=S)NCCCn2nc(C)cc2C)n1. The van der Waals surface area contributed by atoms with Gasteiger partial charge < -0.3 is 10.6 Å². The molecule has 0 aliphatic carbocycles. The molecule has 0 bridgehead atoms. The van der Waals surface area contributed by atoms with Gasteiger partial charge in [-0.2, -0.15) is 10.2 Å². The summed E-state index contributed by atoms with van der Waals surface area (Å²) in [5.41, 5.74) is 4.55. The normalized spacial score (nSPS) is 10.8. The average molecular weight is 349 g/mol. The Morgan fingerprint density at radius 3 is 1.62 bits per heavy atom. The van der Waals surface area contributed by atoms with Crippen LogP contribution in [-0.2, 0) is 13.1 Å². The Balaban J connectivity index is 1.55. The van der Waals surface area contributed by atoms with Gasteiger partial charge in [-0.15, -0.1) is 0 Å². The molecule has 0 saturated heterocycles. The Labute approximate surface area is 149 Å². The van der Waals surface area contributed by atoms with Gasteiger partial charge in [0.2, 0.25) is 0 Å². The third kappa shape index (κ3) is 5.63. The van der Waals surface area contributed by atoms with E-state index in [2.05, 4.69) is 46.8 Å². The molecule has 2 heterocycles. The first-order valence-electron chi connectivity index (χ1n) is 8.49. The van der Waals surface area contributed by atoms with E-state index in [-0.39, 0.29) is 0 Å². The Kier molecular flexibility index (Phi) is 6.78. The number of nitrogens with zero attached hydrogens (tertiary/aromatic N) is 4. The number of rotatable bonds is 8. The van der Waals surface area contributed by atoms with E-state index in [0.29, 0.717) is 0 Å². The van der Waals surface area contributed by atoms with Gasteiger partial charge in [0.05, 0.1) is 11.4 Å². The van der Waals surface area contributed by atoms with E-state index in [1.807, 2.05) is 23.2 Å². The summed E-state index contributed by atoms with van der Waals surface area (Å²) in [5.74, 6) is 0.